The smallest absolute Gasteiger partial charge is 0.258 e. The van der Waals surface area contributed by atoms with Gasteiger partial charge < -0.3 is 9.64 Å². The summed E-state index contributed by atoms with van der Waals surface area (Å²) in [5.74, 6) is -0.620. The van der Waals surface area contributed by atoms with Crippen LogP contribution in [0.1, 0.15) is 40.7 Å². The van der Waals surface area contributed by atoms with Gasteiger partial charge in [0.2, 0.25) is 0 Å². The average Bonchev–Trinajstić information content (AvgIpc) is 2.84. The van der Waals surface area contributed by atoms with Gasteiger partial charge in [0.15, 0.2) is 11.6 Å². The van der Waals surface area contributed by atoms with E-state index in [9.17, 15) is 9.18 Å². The van der Waals surface area contributed by atoms with Gasteiger partial charge in [-0.3, -0.25) is 9.69 Å². The second-order valence-corrected chi connectivity index (χ2v) is 8.29. The van der Waals surface area contributed by atoms with Crippen LogP contribution in [0.2, 0.25) is 0 Å². The van der Waals surface area contributed by atoms with Crippen LogP contribution in [0.3, 0.4) is 0 Å². The van der Waals surface area contributed by atoms with Crippen molar-refractivity contribution in [3.05, 3.63) is 95.3 Å². The highest BCUT2D eigenvalue weighted by Crippen LogP contribution is 2.23. The molecule has 5 heteroatoms. The van der Waals surface area contributed by atoms with E-state index in [1.165, 1.54) is 43.0 Å². The summed E-state index contributed by atoms with van der Waals surface area (Å²) in [5.41, 5.74) is 3.36. The Morgan fingerprint density at radius 2 is 1.66 bits per heavy atom. The van der Waals surface area contributed by atoms with Gasteiger partial charge in [-0.05, 0) is 67.4 Å². The maximum Gasteiger partial charge on any atom is 0.258 e. The number of anilines is 1. The Labute approximate surface area is 189 Å². The number of hydrogen-bond acceptors (Lipinski definition) is 3. The van der Waals surface area contributed by atoms with Gasteiger partial charge >= 0.3 is 0 Å². The van der Waals surface area contributed by atoms with Crippen LogP contribution in [0.15, 0.2) is 72.8 Å². The fraction of sp³-hybridized carbons (Fsp3) is 0.296. The number of carbonyl (C=O) groups is 1. The Balaban J connectivity index is 1.41. The van der Waals surface area contributed by atoms with Gasteiger partial charge in [0, 0.05) is 24.8 Å². The van der Waals surface area contributed by atoms with Crippen LogP contribution >= 0.6 is 0 Å². The molecular formula is C27H29FN2O2. The molecule has 4 nitrogen and oxygen atoms in total. The van der Waals surface area contributed by atoms with Crippen molar-refractivity contribution >= 4 is 11.6 Å². The van der Waals surface area contributed by atoms with E-state index >= 15 is 0 Å². The lowest BCUT2D eigenvalue weighted by molar-refractivity contribution is 0.0992. The van der Waals surface area contributed by atoms with E-state index in [2.05, 4.69) is 17.0 Å². The Hall–Kier alpha value is -3.18. The molecule has 0 N–H and O–H groups in total. The van der Waals surface area contributed by atoms with Gasteiger partial charge in [0.05, 0.1) is 0 Å². The van der Waals surface area contributed by atoms with Crippen LogP contribution in [0.25, 0.3) is 0 Å². The topological polar surface area (TPSA) is 32.8 Å². The third-order valence-electron chi connectivity index (χ3n) is 5.90. The standard InChI is InChI=1S/C27H29FN2O2/c1-29(24-13-10-21(11-14-24)19-30-16-6-3-7-17-30)27(31)23-12-15-25(28)26(18-23)32-20-22-8-4-2-5-9-22/h2,4-5,8-15,18H,3,6-7,16-17,19-20H2,1H3. The summed E-state index contributed by atoms with van der Waals surface area (Å²) >= 11 is 0. The minimum atomic E-state index is -0.484. The van der Waals surface area contributed by atoms with E-state index in [0.717, 1.165) is 30.9 Å². The lowest BCUT2D eigenvalue weighted by Gasteiger charge is -2.26. The molecule has 1 saturated heterocycles. The summed E-state index contributed by atoms with van der Waals surface area (Å²) in [7, 11) is 1.73. The van der Waals surface area contributed by atoms with Crippen molar-refractivity contribution in [2.45, 2.75) is 32.4 Å². The predicted octanol–water partition coefficient (Wildman–Crippen LogP) is 5.67. The van der Waals surface area contributed by atoms with E-state index < -0.39 is 5.82 Å². The van der Waals surface area contributed by atoms with Crippen LogP contribution in [-0.4, -0.2) is 30.9 Å². The first-order valence-corrected chi connectivity index (χ1v) is 11.2. The van der Waals surface area contributed by atoms with Crippen molar-refractivity contribution in [1.29, 1.82) is 0 Å². The molecule has 4 rings (SSSR count). The van der Waals surface area contributed by atoms with Crippen molar-refractivity contribution in [3.63, 3.8) is 0 Å². The number of hydrogen-bond donors (Lipinski definition) is 0. The zero-order valence-corrected chi connectivity index (χ0v) is 18.5. The fourth-order valence-electron chi connectivity index (χ4n) is 3.99. The van der Waals surface area contributed by atoms with E-state index in [0.29, 0.717) is 5.56 Å². The molecule has 0 spiro atoms. The second kappa shape index (κ2) is 10.4. The molecule has 3 aromatic rings. The molecule has 0 saturated carbocycles. The third kappa shape index (κ3) is 5.54. The molecule has 0 unspecified atom stereocenters. The van der Waals surface area contributed by atoms with Gasteiger partial charge in [0.25, 0.3) is 5.91 Å². The number of likely N-dealkylation sites (tertiary alicyclic amines) is 1. The van der Waals surface area contributed by atoms with Crippen LogP contribution in [-0.2, 0) is 13.2 Å². The molecule has 1 aliphatic heterocycles. The summed E-state index contributed by atoms with van der Waals surface area (Å²) in [4.78, 5) is 17.1. The first-order valence-electron chi connectivity index (χ1n) is 11.2. The molecule has 3 aromatic carbocycles. The number of nitrogens with zero attached hydrogens (tertiary/aromatic N) is 2. The summed E-state index contributed by atoms with van der Waals surface area (Å²) < 4.78 is 19.9. The lowest BCUT2D eigenvalue weighted by Crippen LogP contribution is -2.29. The number of piperidine rings is 1. The number of amides is 1. The minimum absolute atomic E-state index is 0.0741. The number of halogens is 1. The summed E-state index contributed by atoms with van der Waals surface area (Å²) in [5, 5.41) is 0. The number of carbonyl (C=O) groups excluding carboxylic acids is 1. The highest BCUT2D eigenvalue weighted by molar-refractivity contribution is 6.05. The molecular weight excluding hydrogens is 403 g/mol. The fourth-order valence-corrected chi connectivity index (χ4v) is 3.99. The number of ether oxygens (including phenoxy) is 1. The largest absolute Gasteiger partial charge is 0.486 e. The zero-order valence-electron chi connectivity index (χ0n) is 18.5. The van der Waals surface area contributed by atoms with Crippen molar-refractivity contribution in [1.82, 2.24) is 4.90 Å². The van der Waals surface area contributed by atoms with Crippen LogP contribution in [0, 0.1) is 5.82 Å². The Bertz CT molecular complexity index is 1030. The van der Waals surface area contributed by atoms with Gasteiger partial charge in [-0.25, -0.2) is 4.39 Å². The van der Waals surface area contributed by atoms with Crippen molar-refractivity contribution < 1.29 is 13.9 Å². The maximum atomic E-state index is 14.2. The van der Waals surface area contributed by atoms with E-state index in [1.54, 1.807) is 11.9 Å². The van der Waals surface area contributed by atoms with Gasteiger partial charge in [-0.2, -0.15) is 0 Å². The number of rotatable bonds is 7. The predicted molar refractivity (Wildman–Crippen MR) is 125 cm³/mol. The van der Waals surface area contributed by atoms with Crippen molar-refractivity contribution in [2.24, 2.45) is 0 Å². The molecule has 1 amide bonds. The van der Waals surface area contributed by atoms with E-state index in [-0.39, 0.29) is 18.3 Å². The highest BCUT2D eigenvalue weighted by Gasteiger charge is 2.17. The first-order chi connectivity index (χ1) is 15.6. The number of benzene rings is 3. The molecule has 0 atom stereocenters. The maximum absolute atomic E-state index is 14.2. The lowest BCUT2D eigenvalue weighted by atomic mass is 10.1. The molecule has 0 aliphatic carbocycles. The average molecular weight is 433 g/mol. The summed E-state index contributed by atoms with van der Waals surface area (Å²) in [6, 6.07) is 21.9. The Morgan fingerprint density at radius 1 is 0.938 bits per heavy atom. The highest BCUT2D eigenvalue weighted by atomic mass is 19.1. The second-order valence-electron chi connectivity index (χ2n) is 8.29. The summed E-state index contributed by atoms with van der Waals surface area (Å²) in [6.45, 7) is 3.49. The SMILES string of the molecule is CN(C(=O)c1ccc(F)c(OCc2ccccc2)c1)c1ccc(CN2CCCCC2)cc1. The molecule has 0 radical (unpaired) electrons. The zero-order chi connectivity index (χ0) is 22.3. The van der Waals surface area contributed by atoms with Gasteiger partial charge in [0.1, 0.15) is 6.61 Å². The van der Waals surface area contributed by atoms with Gasteiger partial charge in [-0.1, -0.05) is 48.9 Å². The first kappa shape index (κ1) is 22.0. The molecule has 1 fully saturated rings. The monoisotopic (exact) mass is 432 g/mol. The quantitative estimate of drug-likeness (QED) is 0.482. The van der Waals surface area contributed by atoms with Crippen molar-refractivity contribution in [3.8, 4) is 5.75 Å². The van der Waals surface area contributed by atoms with E-state index in [4.69, 9.17) is 4.74 Å². The van der Waals surface area contributed by atoms with Crippen LogP contribution in [0.4, 0.5) is 10.1 Å². The minimum Gasteiger partial charge on any atom is -0.486 e. The Kier molecular flexibility index (Phi) is 7.17. The molecule has 32 heavy (non-hydrogen) atoms. The molecule has 166 valence electrons. The Morgan fingerprint density at radius 3 is 2.38 bits per heavy atom. The van der Waals surface area contributed by atoms with E-state index in [1.807, 2.05) is 42.5 Å². The molecule has 0 bridgehead atoms. The normalized spacial score (nSPS) is 14.2. The van der Waals surface area contributed by atoms with Crippen LogP contribution in [0.5, 0.6) is 5.75 Å². The van der Waals surface area contributed by atoms with Crippen molar-refractivity contribution in [2.75, 3.05) is 25.0 Å². The molecule has 1 heterocycles. The van der Waals surface area contributed by atoms with Crippen LogP contribution < -0.4 is 9.64 Å². The van der Waals surface area contributed by atoms with Gasteiger partial charge in [-0.15, -0.1) is 0 Å². The molecule has 1 aliphatic rings. The molecule has 0 aromatic heterocycles. The third-order valence-corrected chi connectivity index (χ3v) is 5.90. The summed E-state index contributed by atoms with van der Waals surface area (Å²) in [6.07, 6.45) is 3.86.